The van der Waals surface area contributed by atoms with Gasteiger partial charge >= 0.3 is 0 Å². The van der Waals surface area contributed by atoms with Crippen LogP contribution in [0.15, 0.2) is 12.4 Å². The SMILES string of the molecule is CN(CC(=O)N1CCNCC1)Cc1cnn(C)c1.Cl. The van der Waals surface area contributed by atoms with E-state index in [1.807, 2.05) is 36.3 Å². The third-order valence-corrected chi connectivity index (χ3v) is 3.09. The van der Waals surface area contributed by atoms with E-state index in [0.29, 0.717) is 6.54 Å². The molecule has 2 heterocycles. The highest BCUT2D eigenvalue weighted by Gasteiger charge is 2.17. The van der Waals surface area contributed by atoms with Crippen molar-refractivity contribution in [2.75, 3.05) is 39.8 Å². The minimum absolute atomic E-state index is 0. The number of likely N-dealkylation sites (N-methyl/N-ethyl adjacent to an activating group) is 1. The van der Waals surface area contributed by atoms with E-state index < -0.39 is 0 Å². The normalized spacial score (nSPS) is 15.4. The number of halogens is 1. The number of rotatable bonds is 4. The third kappa shape index (κ3) is 4.81. The van der Waals surface area contributed by atoms with Crippen molar-refractivity contribution in [2.45, 2.75) is 6.54 Å². The highest BCUT2D eigenvalue weighted by molar-refractivity contribution is 5.85. The first-order valence-electron chi connectivity index (χ1n) is 6.30. The number of aryl methyl sites for hydroxylation is 1. The van der Waals surface area contributed by atoms with E-state index in [0.717, 1.165) is 38.3 Å². The summed E-state index contributed by atoms with van der Waals surface area (Å²) in [5, 5.41) is 7.37. The molecule has 19 heavy (non-hydrogen) atoms. The van der Waals surface area contributed by atoms with Crippen LogP contribution in [-0.2, 0) is 18.4 Å². The Morgan fingerprint density at radius 1 is 1.47 bits per heavy atom. The zero-order valence-corrected chi connectivity index (χ0v) is 12.3. The molecule has 0 saturated carbocycles. The summed E-state index contributed by atoms with van der Waals surface area (Å²) in [4.78, 5) is 16.0. The second-order valence-corrected chi connectivity index (χ2v) is 4.83. The van der Waals surface area contributed by atoms with Crippen molar-refractivity contribution in [3.05, 3.63) is 18.0 Å². The number of carbonyl (C=O) groups excluding carboxylic acids is 1. The van der Waals surface area contributed by atoms with Crippen LogP contribution in [0, 0.1) is 0 Å². The van der Waals surface area contributed by atoms with Crippen LogP contribution in [0.5, 0.6) is 0 Å². The highest BCUT2D eigenvalue weighted by atomic mass is 35.5. The van der Waals surface area contributed by atoms with Crippen LogP contribution >= 0.6 is 12.4 Å². The third-order valence-electron chi connectivity index (χ3n) is 3.09. The molecule has 0 spiro atoms. The molecule has 0 unspecified atom stereocenters. The van der Waals surface area contributed by atoms with Gasteiger partial charge in [-0.15, -0.1) is 12.4 Å². The largest absolute Gasteiger partial charge is 0.339 e. The Balaban J connectivity index is 0.00000180. The summed E-state index contributed by atoms with van der Waals surface area (Å²) >= 11 is 0. The Morgan fingerprint density at radius 3 is 2.74 bits per heavy atom. The summed E-state index contributed by atoms with van der Waals surface area (Å²) in [6.45, 7) is 4.66. The fourth-order valence-corrected chi connectivity index (χ4v) is 2.17. The lowest BCUT2D eigenvalue weighted by Gasteiger charge is -2.29. The molecule has 7 heteroatoms. The number of aromatic nitrogens is 2. The van der Waals surface area contributed by atoms with Gasteiger partial charge in [0.25, 0.3) is 0 Å². The molecule has 108 valence electrons. The number of piperazine rings is 1. The highest BCUT2D eigenvalue weighted by Crippen LogP contribution is 2.02. The van der Waals surface area contributed by atoms with Crippen LogP contribution in [0.3, 0.4) is 0 Å². The van der Waals surface area contributed by atoms with Gasteiger partial charge < -0.3 is 10.2 Å². The van der Waals surface area contributed by atoms with Crippen molar-refractivity contribution in [3.63, 3.8) is 0 Å². The van der Waals surface area contributed by atoms with Gasteiger partial charge in [0.1, 0.15) is 0 Å². The Morgan fingerprint density at radius 2 is 2.16 bits per heavy atom. The molecule has 0 bridgehead atoms. The van der Waals surface area contributed by atoms with Crippen LogP contribution in [0.1, 0.15) is 5.56 Å². The van der Waals surface area contributed by atoms with E-state index in [1.165, 1.54) is 0 Å². The number of amides is 1. The molecule has 1 N–H and O–H groups in total. The first-order valence-corrected chi connectivity index (χ1v) is 6.30. The fraction of sp³-hybridized carbons (Fsp3) is 0.667. The van der Waals surface area contributed by atoms with E-state index in [2.05, 4.69) is 10.4 Å². The van der Waals surface area contributed by atoms with Gasteiger partial charge in [-0.1, -0.05) is 0 Å². The summed E-state index contributed by atoms with van der Waals surface area (Å²) in [5.74, 6) is 0.211. The molecule has 6 nitrogen and oxygen atoms in total. The van der Waals surface area contributed by atoms with Crippen molar-refractivity contribution in [1.82, 2.24) is 24.9 Å². The quantitative estimate of drug-likeness (QED) is 0.827. The second kappa shape index (κ2) is 7.47. The van der Waals surface area contributed by atoms with Crippen LogP contribution in [0.4, 0.5) is 0 Å². The Labute approximate surface area is 120 Å². The lowest BCUT2D eigenvalue weighted by molar-refractivity contribution is -0.132. The maximum absolute atomic E-state index is 12.0. The van der Waals surface area contributed by atoms with Crippen molar-refractivity contribution in [1.29, 1.82) is 0 Å². The van der Waals surface area contributed by atoms with Gasteiger partial charge in [0.15, 0.2) is 0 Å². The molecule has 1 aliphatic heterocycles. The van der Waals surface area contributed by atoms with Gasteiger partial charge in [0, 0.05) is 51.5 Å². The molecule has 1 aromatic rings. The van der Waals surface area contributed by atoms with Gasteiger partial charge in [-0.25, -0.2) is 0 Å². The number of hydrogen-bond donors (Lipinski definition) is 1. The number of carbonyl (C=O) groups is 1. The monoisotopic (exact) mass is 287 g/mol. The molecule has 1 aliphatic rings. The molecule has 1 amide bonds. The Bertz CT molecular complexity index is 403. The van der Waals surface area contributed by atoms with Crippen molar-refractivity contribution < 1.29 is 4.79 Å². The van der Waals surface area contributed by atoms with Crippen molar-refractivity contribution >= 4 is 18.3 Å². The second-order valence-electron chi connectivity index (χ2n) is 4.83. The average Bonchev–Trinajstić information content (AvgIpc) is 2.75. The van der Waals surface area contributed by atoms with Gasteiger partial charge in [-0.05, 0) is 7.05 Å². The average molecular weight is 288 g/mol. The topological polar surface area (TPSA) is 53.4 Å². The molecular formula is C12H22ClN5O. The van der Waals surface area contributed by atoms with Crippen molar-refractivity contribution in [3.8, 4) is 0 Å². The molecule has 2 rings (SSSR count). The number of nitrogens with one attached hydrogen (secondary N) is 1. The lowest BCUT2D eigenvalue weighted by atomic mass is 10.3. The Kier molecular flexibility index (Phi) is 6.27. The van der Waals surface area contributed by atoms with E-state index in [1.54, 1.807) is 4.68 Å². The number of nitrogens with zero attached hydrogens (tertiary/aromatic N) is 4. The first kappa shape index (κ1) is 15.9. The van der Waals surface area contributed by atoms with Crippen molar-refractivity contribution in [2.24, 2.45) is 7.05 Å². The molecule has 1 aromatic heterocycles. The molecule has 1 fully saturated rings. The lowest BCUT2D eigenvalue weighted by Crippen LogP contribution is -2.49. The minimum Gasteiger partial charge on any atom is -0.339 e. The Hall–Kier alpha value is -1.11. The zero-order chi connectivity index (χ0) is 13.0. The molecule has 0 atom stereocenters. The summed E-state index contributed by atoms with van der Waals surface area (Å²) in [6.07, 6.45) is 3.82. The minimum atomic E-state index is 0. The maximum atomic E-state index is 12.0. The van der Waals surface area contributed by atoms with E-state index in [9.17, 15) is 4.79 Å². The summed E-state index contributed by atoms with van der Waals surface area (Å²) in [6, 6.07) is 0. The fourth-order valence-electron chi connectivity index (χ4n) is 2.17. The standard InChI is InChI=1S/C12H21N5O.ClH/c1-15(8-11-7-14-16(2)9-11)10-12(18)17-5-3-13-4-6-17;/h7,9,13H,3-6,8,10H2,1-2H3;1H. The van der Waals surface area contributed by atoms with Crippen LogP contribution in [-0.4, -0.2) is 65.3 Å². The summed E-state index contributed by atoms with van der Waals surface area (Å²) in [7, 11) is 3.86. The predicted molar refractivity (Wildman–Crippen MR) is 76.2 cm³/mol. The molecule has 0 aliphatic carbocycles. The van der Waals surface area contributed by atoms with E-state index in [-0.39, 0.29) is 18.3 Å². The van der Waals surface area contributed by atoms with E-state index >= 15 is 0 Å². The molecule has 0 aromatic carbocycles. The zero-order valence-electron chi connectivity index (χ0n) is 11.5. The summed E-state index contributed by atoms with van der Waals surface area (Å²) in [5.41, 5.74) is 1.13. The van der Waals surface area contributed by atoms with Crippen LogP contribution in [0.2, 0.25) is 0 Å². The van der Waals surface area contributed by atoms with Gasteiger partial charge in [0.05, 0.1) is 12.7 Å². The van der Waals surface area contributed by atoms with Crippen LogP contribution < -0.4 is 5.32 Å². The smallest absolute Gasteiger partial charge is 0.236 e. The molecule has 1 saturated heterocycles. The molecule has 0 radical (unpaired) electrons. The first-order chi connectivity index (χ1) is 8.65. The van der Waals surface area contributed by atoms with Crippen LogP contribution in [0.25, 0.3) is 0 Å². The van der Waals surface area contributed by atoms with Gasteiger partial charge in [-0.3, -0.25) is 14.4 Å². The van der Waals surface area contributed by atoms with Gasteiger partial charge in [-0.2, -0.15) is 5.10 Å². The predicted octanol–water partition coefficient (Wildman–Crippen LogP) is -0.294. The van der Waals surface area contributed by atoms with Gasteiger partial charge in [0.2, 0.25) is 5.91 Å². The maximum Gasteiger partial charge on any atom is 0.236 e. The number of hydrogen-bond acceptors (Lipinski definition) is 4. The van der Waals surface area contributed by atoms with E-state index in [4.69, 9.17) is 0 Å². The summed E-state index contributed by atoms with van der Waals surface area (Å²) < 4.78 is 1.78. The molecular weight excluding hydrogens is 266 g/mol.